The molecule has 1 rings (SSSR count). The second kappa shape index (κ2) is 4.60. The minimum Gasteiger partial charge on any atom is -0.425 e. The topological polar surface area (TPSA) is 39.2 Å². The smallest absolute Gasteiger partial charge is 0.311 e. The quantitative estimate of drug-likeness (QED) is 0.667. The molecule has 0 aromatic carbocycles. The first kappa shape index (κ1) is 9.71. The normalized spacial score (nSPS) is 9.69. The molecule has 0 aliphatic rings. The van der Waals surface area contributed by atoms with Crippen LogP contribution in [-0.4, -0.2) is 11.0 Å². The molecule has 0 aliphatic heterocycles. The Hall–Kier alpha value is -1.38. The molecule has 70 valence electrons. The molecular weight excluding hydrogens is 166 g/mol. The van der Waals surface area contributed by atoms with Gasteiger partial charge in [0, 0.05) is 12.6 Å². The number of hydrogen-bond donors (Lipinski definition) is 0. The zero-order valence-electron chi connectivity index (χ0n) is 7.91. The molecule has 0 unspecified atom stereocenters. The van der Waals surface area contributed by atoms with E-state index < -0.39 is 0 Å². The minimum atomic E-state index is -0.196. The summed E-state index contributed by atoms with van der Waals surface area (Å²) in [7, 11) is 0. The van der Waals surface area contributed by atoms with E-state index in [1.165, 1.54) is 0 Å². The summed E-state index contributed by atoms with van der Waals surface area (Å²) < 4.78 is 5.08. The Labute approximate surface area is 77.8 Å². The van der Waals surface area contributed by atoms with E-state index in [4.69, 9.17) is 4.74 Å². The molecule has 0 radical (unpaired) electrons. The maximum Gasteiger partial charge on any atom is 0.311 e. The lowest BCUT2D eigenvalue weighted by molar-refractivity contribution is -0.134. The van der Waals surface area contributed by atoms with Crippen molar-refractivity contribution in [2.75, 3.05) is 0 Å². The maximum atomic E-state index is 11.1. The third kappa shape index (κ3) is 2.86. The molecule has 3 nitrogen and oxygen atoms in total. The summed E-state index contributed by atoms with van der Waals surface area (Å²) in [5.74, 6) is 0.361. The number of carbonyl (C=O) groups excluding carboxylic acids is 1. The predicted octanol–water partition coefficient (Wildman–Crippen LogP) is 2.10. The summed E-state index contributed by atoms with van der Waals surface area (Å²) in [6.07, 6.45) is 2.93. The average Bonchev–Trinajstić information content (AvgIpc) is 2.09. The van der Waals surface area contributed by atoms with Crippen LogP contribution in [0.5, 0.6) is 5.75 Å². The van der Waals surface area contributed by atoms with Crippen LogP contribution in [0.3, 0.4) is 0 Å². The van der Waals surface area contributed by atoms with Gasteiger partial charge in [-0.25, -0.2) is 0 Å². The van der Waals surface area contributed by atoms with Gasteiger partial charge in [0.1, 0.15) is 0 Å². The van der Waals surface area contributed by atoms with Gasteiger partial charge in [0.05, 0.1) is 5.69 Å². The number of carbonyl (C=O) groups is 1. The average molecular weight is 179 g/mol. The minimum absolute atomic E-state index is 0.196. The van der Waals surface area contributed by atoms with Gasteiger partial charge in [0.15, 0.2) is 5.75 Å². The summed E-state index contributed by atoms with van der Waals surface area (Å²) in [5, 5.41) is 0. The van der Waals surface area contributed by atoms with Gasteiger partial charge in [-0.05, 0) is 25.5 Å². The van der Waals surface area contributed by atoms with Crippen LogP contribution >= 0.6 is 0 Å². The standard InChI is InChI=1S/C10H13NO2/c1-3-5-10(12)13-9-6-4-7-11-8(9)2/h4,6-7H,3,5H2,1-2H3. The van der Waals surface area contributed by atoms with E-state index in [1.807, 2.05) is 13.8 Å². The third-order valence-corrected chi connectivity index (χ3v) is 1.64. The van der Waals surface area contributed by atoms with Crippen LogP contribution in [-0.2, 0) is 4.79 Å². The number of aromatic nitrogens is 1. The van der Waals surface area contributed by atoms with E-state index >= 15 is 0 Å². The molecule has 0 fully saturated rings. The molecule has 0 amide bonds. The number of ether oxygens (including phenoxy) is 1. The molecular formula is C10H13NO2. The van der Waals surface area contributed by atoms with Crippen LogP contribution < -0.4 is 4.74 Å². The molecule has 0 atom stereocenters. The highest BCUT2D eigenvalue weighted by atomic mass is 16.5. The van der Waals surface area contributed by atoms with Crippen molar-refractivity contribution in [3.63, 3.8) is 0 Å². The molecule has 0 saturated heterocycles. The Bertz CT molecular complexity index is 297. The van der Waals surface area contributed by atoms with Crippen LogP contribution in [0.2, 0.25) is 0 Å². The lowest BCUT2D eigenvalue weighted by atomic mass is 10.3. The molecule has 0 spiro atoms. The fourth-order valence-electron chi connectivity index (χ4n) is 0.955. The number of pyridine rings is 1. The number of aryl methyl sites for hydroxylation is 1. The second-order valence-electron chi connectivity index (χ2n) is 2.81. The van der Waals surface area contributed by atoms with Crippen molar-refractivity contribution in [2.24, 2.45) is 0 Å². The highest BCUT2D eigenvalue weighted by Gasteiger charge is 2.05. The van der Waals surface area contributed by atoms with E-state index in [0.717, 1.165) is 12.1 Å². The first-order chi connectivity index (χ1) is 6.24. The Morgan fingerprint density at radius 3 is 3.00 bits per heavy atom. The number of nitrogens with zero attached hydrogens (tertiary/aromatic N) is 1. The molecule has 0 aliphatic carbocycles. The summed E-state index contributed by atoms with van der Waals surface area (Å²) in [5.41, 5.74) is 0.743. The van der Waals surface area contributed by atoms with Gasteiger partial charge in [-0.3, -0.25) is 9.78 Å². The molecule has 13 heavy (non-hydrogen) atoms. The first-order valence-electron chi connectivity index (χ1n) is 4.36. The number of esters is 1. The van der Waals surface area contributed by atoms with E-state index in [9.17, 15) is 4.79 Å². The monoisotopic (exact) mass is 179 g/mol. The van der Waals surface area contributed by atoms with Crippen molar-refractivity contribution < 1.29 is 9.53 Å². The first-order valence-corrected chi connectivity index (χ1v) is 4.36. The van der Waals surface area contributed by atoms with Crippen LogP contribution in [0.1, 0.15) is 25.5 Å². The van der Waals surface area contributed by atoms with Gasteiger partial charge in [-0.1, -0.05) is 6.92 Å². The van der Waals surface area contributed by atoms with Gasteiger partial charge >= 0.3 is 5.97 Å². The Balaban J connectivity index is 2.63. The maximum absolute atomic E-state index is 11.1. The lowest BCUT2D eigenvalue weighted by Gasteiger charge is -2.04. The van der Waals surface area contributed by atoms with E-state index in [0.29, 0.717) is 12.2 Å². The molecule has 1 heterocycles. The molecule has 3 heteroatoms. The molecule has 1 aromatic heterocycles. The fraction of sp³-hybridized carbons (Fsp3) is 0.400. The van der Waals surface area contributed by atoms with Crippen LogP contribution in [0.15, 0.2) is 18.3 Å². The number of hydrogen-bond acceptors (Lipinski definition) is 3. The Kier molecular flexibility index (Phi) is 3.43. The van der Waals surface area contributed by atoms with Crippen molar-refractivity contribution in [2.45, 2.75) is 26.7 Å². The van der Waals surface area contributed by atoms with Crippen molar-refractivity contribution in [1.82, 2.24) is 4.98 Å². The third-order valence-electron chi connectivity index (χ3n) is 1.64. The largest absolute Gasteiger partial charge is 0.425 e. The summed E-state index contributed by atoms with van der Waals surface area (Å²) in [4.78, 5) is 15.1. The number of rotatable bonds is 3. The van der Waals surface area contributed by atoms with Crippen LogP contribution in [0, 0.1) is 6.92 Å². The zero-order chi connectivity index (χ0) is 9.68. The highest BCUT2D eigenvalue weighted by Crippen LogP contribution is 2.14. The fourth-order valence-corrected chi connectivity index (χ4v) is 0.955. The molecule has 0 saturated carbocycles. The highest BCUT2D eigenvalue weighted by molar-refractivity contribution is 5.72. The van der Waals surface area contributed by atoms with Crippen LogP contribution in [0.4, 0.5) is 0 Å². The summed E-state index contributed by atoms with van der Waals surface area (Å²) >= 11 is 0. The molecule has 0 N–H and O–H groups in total. The predicted molar refractivity (Wildman–Crippen MR) is 49.5 cm³/mol. The van der Waals surface area contributed by atoms with Crippen molar-refractivity contribution in [3.8, 4) is 5.75 Å². The Morgan fingerprint density at radius 1 is 1.62 bits per heavy atom. The van der Waals surface area contributed by atoms with E-state index in [-0.39, 0.29) is 5.97 Å². The van der Waals surface area contributed by atoms with Crippen molar-refractivity contribution in [3.05, 3.63) is 24.0 Å². The lowest BCUT2D eigenvalue weighted by Crippen LogP contribution is -2.08. The summed E-state index contributed by atoms with van der Waals surface area (Å²) in [6.45, 7) is 3.76. The van der Waals surface area contributed by atoms with Gasteiger partial charge < -0.3 is 4.74 Å². The molecule has 1 aromatic rings. The van der Waals surface area contributed by atoms with Crippen molar-refractivity contribution in [1.29, 1.82) is 0 Å². The van der Waals surface area contributed by atoms with Gasteiger partial charge in [0.2, 0.25) is 0 Å². The van der Waals surface area contributed by atoms with E-state index in [1.54, 1.807) is 18.3 Å². The SMILES string of the molecule is CCCC(=O)Oc1cccnc1C. The summed E-state index contributed by atoms with van der Waals surface area (Å²) in [6, 6.07) is 3.50. The van der Waals surface area contributed by atoms with Crippen LogP contribution in [0.25, 0.3) is 0 Å². The van der Waals surface area contributed by atoms with Gasteiger partial charge in [-0.2, -0.15) is 0 Å². The zero-order valence-corrected chi connectivity index (χ0v) is 7.91. The molecule has 0 bridgehead atoms. The van der Waals surface area contributed by atoms with E-state index in [2.05, 4.69) is 4.98 Å². The second-order valence-corrected chi connectivity index (χ2v) is 2.81. The van der Waals surface area contributed by atoms with Gasteiger partial charge in [-0.15, -0.1) is 0 Å². The Morgan fingerprint density at radius 2 is 2.38 bits per heavy atom. The van der Waals surface area contributed by atoms with Crippen molar-refractivity contribution >= 4 is 5.97 Å². The van der Waals surface area contributed by atoms with Gasteiger partial charge in [0.25, 0.3) is 0 Å².